The number of rotatable bonds is 0. The second-order valence-electron chi connectivity index (χ2n) is 9.15. The van der Waals surface area contributed by atoms with E-state index in [1.165, 1.54) is 181 Å². The Morgan fingerprint density at radius 3 is 0.266 bits per heavy atom. The molecule has 0 aliphatic carbocycles. The van der Waals surface area contributed by atoms with Gasteiger partial charge in [0.1, 0.15) is 0 Å². The lowest BCUT2D eigenvalue weighted by molar-refractivity contribution is 0.437. The molecule has 16 N–H and O–H groups in total. The molecule has 0 unspecified atom stereocenters. The van der Waals surface area contributed by atoms with E-state index in [2.05, 4.69) is 94.7 Å². The van der Waals surface area contributed by atoms with Crippen LogP contribution in [0.5, 0.6) is 0 Å². The number of halogens is 24. The fourth-order valence-corrected chi connectivity index (χ4v) is 6.10. The van der Waals surface area contributed by atoms with E-state index < -0.39 is 122 Å². The van der Waals surface area contributed by atoms with Crippen LogP contribution in [0.15, 0.2) is 0 Å². The summed E-state index contributed by atoms with van der Waals surface area (Å²) in [6.45, 7) is 0. The summed E-state index contributed by atoms with van der Waals surface area (Å²) >= 11 is 26.0. The third-order valence-corrected chi connectivity index (χ3v) is 12.2. The predicted molar refractivity (Wildman–Crippen MR) is 291 cm³/mol. The molecule has 36 heteroatoms. The standard InChI is InChI=1S/4C6F4I2.4CH4N2S/c4*7-1-2(8)6(12)4(10)3(9)5(1)11;4*2-1(3)4/h;;;;4*(H4,2,3,4). The average Bonchev–Trinajstić information content (AvgIpc) is 3.20. The Kier molecular flexibility index (Phi) is 38.4. The van der Waals surface area contributed by atoms with Crippen LogP contribution in [0.25, 0.3) is 0 Å². The van der Waals surface area contributed by atoms with E-state index >= 15 is 0 Å². The van der Waals surface area contributed by atoms with E-state index in [1.54, 1.807) is 0 Å². The number of thiocarbonyl (C=S) groups is 4. The lowest BCUT2D eigenvalue weighted by Gasteiger charge is -2.02. The molecule has 0 aliphatic heterocycles. The fraction of sp³-hybridized carbons (Fsp3) is 0. The molecule has 64 heavy (non-hydrogen) atoms. The first-order valence-electron chi connectivity index (χ1n) is 13.7. The molecule has 0 aromatic heterocycles. The van der Waals surface area contributed by atoms with Crippen molar-refractivity contribution in [3.63, 3.8) is 0 Å². The number of benzene rings is 4. The quantitative estimate of drug-likeness (QED) is 0.0272. The smallest absolute Gasteiger partial charge is 0.176 e. The molecule has 0 radical (unpaired) electrons. The summed E-state index contributed by atoms with van der Waals surface area (Å²) in [4.78, 5) is 0. The van der Waals surface area contributed by atoms with Crippen molar-refractivity contribution in [2.45, 2.75) is 0 Å². The molecule has 0 bridgehead atoms. The Morgan fingerprint density at radius 2 is 0.234 bits per heavy atom. The Morgan fingerprint density at radius 1 is 0.203 bits per heavy atom. The maximum Gasteiger partial charge on any atom is 0.176 e. The zero-order chi connectivity index (χ0) is 52.2. The number of hydrogen-bond donors (Lipinski definition) is 8. The summed E-state index contributed by atoms with van der Waals surface area (Å²) in [6, 6.07) is 0. The molecule has 4 rings (SSSR count). The molecule has 4 aromatic rings. The molecule has 0 fully saturated rings. The van der Waals surface area contributed by atoms with Gasteiger partial charge in [0.15, 0.2) is 114 Å². The van der Waals surface area contributed by atoms with Gasteiger partial charge in [-0.15, -0.1) is 0 Å². The normalized spacial score (nSPS) is 9.38. The zero-order valence-electron chi connectivity index (χ0n) is 29.3. The zero-order valence-corrected chi connectivity index (χ0v) is 49.8. The summed E-state index contributed by atoms with van der Waals surface area (Å²) < 4.78 is 197. The minimum Gasteiger partial charge on any atom is -0.377 e. The highest BCUT2D eigenvalue weighted by atomic mass is 127. The largest absolute Gasteiger partial charge is 0.377 e. The molecule has 0 spiro atoms. The van der Waals surface area contributed by atoms with Crippen LogP contribution in [0.4, 0.5) is 70.2 Å². The van der Waals surface area contributed by atoms with Gasteiger partial charge in [0.25, 0.3) is 0 Å². The van der Waals surface area contributed by atoms with Gasteiger partial charge < -0.3 is 45.9 Å². The average molecular weight is 1910 g/mol. The van der Waals surface area contributed by atoms with Crippen LogP contribution in [0, 0.1) is 122 Å². The van der Waals surface area contributed by atoms with Gasteiger partial charge in [-0.2, -0.15) is 0 Å². The maximum atomic E-state index is 12.6. The summed E-state index contributed by atoms with van der Waals surface area (Å²) in [7, 11) is 0. The maximum absolute atomic E-state index is 12.6. The molecule has 0 saturated heterocycles. The van der Waals surface area contributed by atoms with E-state index in [0.29, 0.717) is 0 Å². The molecule has 0 atom stereocenters. The van der Waals surface area contributed by atoms with E-state index in [-0.39, 0.29) is 20.4 Å². The summed E-state index contributed by atoms with van der Waals surface area (Å²) in [6.07, 6.45) is 0. The Hall–Kier alpha value is 0.360. The third-order valence-electron chi connectivity index (χ3n) is 4.62. The van der Waals surface area contributed by atoms with Crippen molar-refractivity contribution in [1.29, 1.82) is 0 Å². The van der Waals surface area contributed by atoms with Gasteiger partial charge in [-0.05, 0) is 230 Å². The lowest BCUT2D eigenvalue weighted by atomic mass is 10.3. The van der Waals surface area contributed by atoms with E-state index in [0.717, 1.165) is 0 Å². The SMILES string of the molecule is Fc1c(F)c(I)c(F)c(F)c1I.Fc1c(F)c(I)c(F)c(F)c1I.Fc1c(F)c(I)c(F)c(F)c1I.Fc1c(F)c(I)c(F)c(F)c1I.NC(N)=S.NC(N)=S.NC(N)=S.NC(N)=S. The van der Waals surface area contributed by atoms with Crippen molar-refractivity contribution >= 4 is 250 Å². The van der Waals surface area contributed by atoms with Crippen LogP contribution in [0.1, 0.15) is 0 Å². The second-order valence-corrected chi connectivity index (χ2v) is 19.7. The van der Waals surface area contributed by atoms with Crippen LogP contribution in [-0.4, -0.2) is 20.4 Å². The summed E-state index contributed by atoms with van der Waals surface area (Å²) in [5.74, 6) is -21.6. The van der Waals surface area contributed by atoms with Crippen LogP contribution in [-0.2, 0) is 0 Å². The molecule has 360 valence electrons. The molecule has 0 aliphatic rings. The highest BCUT2D eigenvalue weighted by molar-refractivity contribution is 14.1. The molecule has 4 aromatic carbocycles. The first-order chi connectivity index (χ1) is 28.8. The molecular formula is C28H16F16I8N8S4. The van der Waals surface area contributed by atoms with Crippen molar-refractivity contribution in [2.75, 3.05) is 0 Å². The molecular weight excluding hydrogens is 1900 g/mol. The lowest BCUT2D eigenvalue weighted by Crippen LogP contribution is -2.18. The van der Waals surface area contributed by atoms with Gasteiger partial charge in [-0.1, -0.05) is 0 Å². The first kappa shape index (κ1) is 70.9. The fourth-order valence-electron chi connectivity index (χ4n) is 2.31. The monoisotopic (exact) mass is 1910 g/mol. The minimum absolute atomic E-state index is 0.000000000000000222. The summed E-state index contributed by atoms with van der Waals surface area (Å²) in [5.41, 5.74) is 37.0. The number of hydrogen-bond acceptors (Lipinski definition) is 4. The topological polar surface area (TPSA) is 208 Å². The highest BCUT2D eigenvalue weighted by Crippen LogP contribution is 2.29. The van der Waals surface area contributed by atoms with Crippen LogP contribution < -0.4 is 45.9 Å². The second kappa shape index (κ2) is 34.6. The van der Waals surface area contributed by atoms with Gasteiger partial charge in [0.2, 0.25) is 0 Å². The van der Waals surface area contributed by atoms with E-state index in [9.17, 15) is 70.2 Å². The van der Waals surface area contributed by atoms with Crippen LogP contribution in [0.3, 0.4) is 0 Å². The predicted octanol–water partition coefficient (Wildman–Crippen LogP) is 10.6. The van der Waals surface area contributed by atoms with Crippen molar-refractivity contribution in [3.05, 3.63) is 122 Å². The Labute approximate surface area is 480 Å². The van der Waals surface area contributed by atoms with Gasteiger partial charge in [-0.3, -0.25) is 0 Å². The molecule has 0 heterocycles. The van der Waals surface area contributed by atoms with Gasteiger partial charge in [0, 0.05) is 0 Å². The van der Waals surface area contributed by atoms with Crippen molar-refractivity contribution < 1.29 is 70.2 Å². The van der Waals surface area contributed by atoms with Crippen molar-refractivity contribution in [3.8, 4) is 0 Å². The highest BCUT2D eigenvalue weighted by Gasteiger charge is 2.24. The van der Waals surface area contributed by atoms with Crippen molar-refractivity contribution in [1.82, 2.24) is 0 Å². The Bertz CT molecular complexity index is 1590. The molecule has 8 nitrogen and oxygen atoms in total. The van der Waals surface area contributed by atoms with Gasteiger partial charge in [0.05, 0.1) is 28.6 Å². The van der Waals surface area contributed by atoms with E-state index in [1.807, 2.05) is 0 Å². The number of nitrogens with two attached hydrogens (primary N) is 8. The van der Waals surface area contributed by atoms with Crippen LogP contribution in [0.2, 0.25) is 0 Å². The third kappa shape index (κ3) is 25.3. The molecule has 0 saturated carbocycles. The first-order valence-corrected chi connectivity index (χ1v) is 23.9. The molecule has 0 amide bonds. The van der Waals surface area contributed by atoms with Gasteiger partial charge >= 0.3 is 0 Å². The Balaban J connectivity index is -0.000000337. The van der Waals surface area contributed by atoms with Crippen LogP contribution >= 0.6 is 230 Å². The van der Waals surface area contributed by atoms with Crippen molar-refractivity contribution in [2.24, 2.45) is 45.9 Å². The minimum atomic E-state index is -1.35. The van der Waals surface area contributed by atoms with Gasteiger partial charge in [-0.25, -0.2) is 70.2 Å². The summed E-state index contributed by atoms with van der Waals surface area (Å²) in [5, 5.41) is 0.000000000000000888. The van der Waals surface area contributed by atoms with E-state index in [4.69, 9.17) is 0 Å².